The molecule has 35 heavy (non-hydrogen) atoms. The topological polar surface area (TPSA) is 29.3 Å². The van der Waals surface area contributed by atoms with Crippen LogP contribution < -0.4 is 0 Å². The second kappa shape index (κ2) is 12.2. The van der Waals surface area contributed by atoms with Crippen molar-refractivity contribution in [1.29, 1.82) is 0 Å². The van der Waals surface area contributed by atoms with Gasteiger partial charge in [-0.25, -0.2) is 0 Å². The van der Waals surface area contributed by atoms with Gasteiger partial charge >= 0.3 is 219 Å². The summed E-state index contributed by atoms with van der Waals surface area (Å²) in [5, 5.41) is 0. The molecule has 0 saturated carbocycles. The van der Waals surface area contributed by atoms with Gasteiger partial charge in [-0.15, -0.1) is 0 Å². The molecule has 0 N–H and O–H groups in total. The number of nitrogens with zero attached hydrogens (tertiary/aromatic N) is 1. The Labute approximate surface area is 218 Å². The van der Waals surface area contributed by atoms with Gasteiger partial charge in [0.25, 0.3) is 0 Å². The number of carbonyl (C=O) groups is 1. The molecule has 1 amide bonds. The van der Waals surface area contributed by atoms with E-state index >= 15 is 0 Å². The van der Waals surface area contributed by atoms with E-state index in [1.165, 1.54) is 63.0 Å². The number of benzene rings is 2. The van der Waals surface area contributed by atoms with Gasteiger partial charge in [-0.3, -0.25) is 0 Å². The van der Waals surface area contributed by atoms with E-state index in [1.807, 2.05) is 20.8 Å². The number of carbonyl (C=O) groups excluding carboxylic acids is 1. The monoisotopic (exact) mass is 585 g/mol. The van der Waals surface area contributed by atoms with E-state index in [1.54, 1.807) is 0 Å². The van der Waals surface area contributed by atoms with Gasteiger partial charge in [0.05, 0.1) is 0 Å². The fourth-order valence-corrected chi connectivity index (χ4v) is 27.1. The van der Waals surface area contributed by atoms with Crippen LogP contribution in [0, 0.1) is 0 Å². The van der Waals surface area contributed by atoms with Crippen molar-refractivity contribution in [2.45, 2.75) is 109 Å². The number of unbranched alkanes of at least 4 members (excludes halogenated alkanes) is 3. The molecule has 1 heterocycles. The summed E-state index contributed by atoms with van der Waals surface area (Å²) in [6.07, 6.45) is 7.30. The quantitative estimate of drug-likeness (QED) is 0.184. The molecule has 1 aliphatic rings. The predicted molar refractivity (Wildman–Crippen MR) is 150 cm³/mol. The van der Waals surface area contributed by atoms with Gasteiger partial charge in [0.1, 0.15) is 0 Å². The third kappa shape index (κ3) is 5.92. The van der Waals surface area contributed by atoms with Gasteiger partial charge in [-0.1, -0.05) is 0 Å². The molecule has 0 unspecified atom stereocenters. The first-order valence-electron chi connectivity index (χ1n) is 13.9. The standard InChI is InChI=1S/C19H20NO2.3C4H9.Sn/c1-19(2,3)22-18(21)20-16(14-10-6-4-7-11-14)17(20)15-12-8-5-9-13-15;3*1-3-4-2;/h4-13,16H,1-3H3;3*1,3-4H2,2H3;/t16-,20?;;;;/m0..../s1. The van der Waals surface area contributed by atoms with Gasteiger partial charge in [0.2, 0.25) is 0 Å². The molecular formula is C31H47NO2Sn. The Morgan fingerprint density at radius 1 is 0.829 bits per heavy atom. The second-order valence-electron chi connectivity index (χ2n) is 11.4. The van der Waals surface area contributed by atoms with Crippen LogP contribution in [0.2, 0.25) is 13.3 Å². The van der Waals surface area contributed by atoms with Gasteiger partial charge in [-0.05, 0) is 0 Å². The van der Waals surface area contributed by atoms with Crippen LogP contribution in [0.1, 0.15) is 97.2 Å². The van der Waals surface area contributed by atoms with Gasteiger partial charge < -0.3 is 0 Å². The van der Waals surface area contributed by atoms with Crippen LogP contribution >= 0.6 is 0 Å². The Morgan fingerprint density at radius 2 is 1.29 bits per heavy atom. The third-order valence-electron chi connectivity index (χ3n) is 7.72. The zero-order valence-electron chi connectivity index (χ0n) is 23.0. The maximum absolute atomic E-state index is 14.0. The molecule has 2 atom stereocenters. The van der Waals surface area contributed by atoms with Crippen molar-refractivity contribution in [3.8, 4) is 0 Å². The molecule has 0 spiro atoms. The average molecular weight is 584 g/mol. The first-order valence-corrected chi connectivity index (χ1v) is 21.4. The molecule has 3 rings (SSSR count). The van der Waals surface area contributed by atoms with Crippen molar-refractivity contribution in [1.82, 2.24) is 4.90 Å². The van der Waals surface area contributed by atoms with E-state index in [-0.39, 0.29) is 15.7 Å². The first kappa shape index (κ1) is 28.1. The van der Waals surface area contributed by atoms with Crippen molar-refractivity contribution >= 4 is 24.5 Å². The number of hydrogen-bond acceptors (Lipinski definition) is 2. The van der Waals surface area contributed by atoms with E-state index in [0.29, 0.717) is 0 Å². The number of ether oxygens (including phenoxy) is 1. The molecule has 0 aliphatic carbocycles. The number of amides is 1. The molecule has 192 valence electrons. The molecule has 3 nitrogen and oxygen atoms in total. The van der Waals surface area contributed by atoms with E-state index in [0.717, 1.165) is 0 Å². The van der Waals surface area contributed by atoms with Crippen molar-refractivity contribution < 1.29 is 9.53 Å². The minimum atomic E-state index is -3.08. The number of hydrogen-bond donors (Lipinski definition) is 0. The fourth-order valence-electron chi connectivity index (χ4n) is 6.21. The molecule has 0 radical (unpaired) electrons. The van der Waals surface area contributed by atoms with E-state index in [9.17, 15) is 4.79 Å². The average Bonchev–Trinajstić information content (AvgIpc) is 3.56. The molecule has 4 heteroatoms. The Kier molecular flexibility index (Phi) is 9.76. The van der Waals surface area contributed by atoms with Gasteiger partial charge in [0.15, 0.2) is 0 Å². The van der Waals surface area contributed by atoms with Crippen molar-refractivity contribution in [3.63, 3.8) is 0 Å². The molecule has 0 bridgehead atoms. The maximum atomic E-state index is 14.0. The normalized spacial score (nSPS) is 20.1. The summed E-state index contributed by atoms with van der Waals surface area (Å²) in [6.45, 7) is 12.9. The molecule has 2 aromatic rings. The zero-order valence-corrected chi connectivity index (χ0v) is 25.8. The molecular weight excluding hydrogens is 537 g/mol. The summed E-state index contributed by atoms with van der Waals surface area (Å²) in [5.41, 5.74) is 2.09. The number of rotatable bonds is 12. The molecule has 1 fully saturated rings. The molecule has 2 aromatic carbocycles. The summed E-state index contributed by atoms with van der Waals surface area (Å²) >= 11 is -3.08. The van der Waals surface area contributed by atoms with Gasteiger partial charge in [0, 0.05) is 0 Å². The fraction of sp³-hybridized carbons (Fsp3) is 0.581. The van der Waals surface area contributed by atoms with Crippen molar-refractivity contribution in [2.75, 3.05) is 0 Å². The van der Waals surface area contributed by atoms with Crippen molar-refractivity contribution in [2.24, 2.45) is 0 Å². The zero-order chi connectivity index (χ0) is 25.5. The predicted octanol–water partition coefficient (Wildman–Crippen LogP) is 9.26. The summed E-state index contributed by atoms with van der Waals surface area (Å²) < 4.78 is 9.93. The summed E-state index contributed by atoms with van der Waals surface area (Å²) in [6, 6.07) is 21.9. The Bertz CT molecular complexity index is 902. The van der Waals surface area contributed by atoms with Crippen LogP contribution in [0.15, 0.2) is 60.7 Å². The summed E-state index contributed by atoms with van der Waals surface area (Å²) in [7, 11) is 0. The van der Waals surface area contributed by atoms with Crippen molar-refractivity contribution in [3.05, 3.63) is 71.8 Å². The summed E-state index contributed by atoms with van der Waals surface area (Å²) in [4.78, 5) is 16.2. The van der Waals surface area contributed by atoms with Crippen LogP contribution in [0.5, 0.6) is 0 Å². The minimum absolute atomic E-state index is 0.0716. The van der Waals surface area contributed by atoms with Gasteiger partial charge in [-0.2, -0.15) is 0 Å². The Morgan fingerprint density at radius 3 is 1.71 bits per heavy atom. The van der Waals surface area contributed by atoms with Crippen LogP contribution in [0.3, 0.4) is 0 Å². The molecule has 1 aliphatic heterocycles. The van der Waals surface area contributed by atoms with Crippen LogP contribution in [-0.4, -0.2) is 35.0 Å². The van der Waals surface area contributed by atoms with E-state index in [4.69, 9.17) is 4.74 Å². The Hall–Kier alpha value is -1.49. The van der Waals surface area contributed by atoms with Crippen LogP contribution in [0.4, 0.5) is 4.79 Å². The van der Waals surface area contributed by atoms with E-state index in [2.05, 4.69) is 86.3 Å². The van der Waals surface area contributed by atoms with Crippen LogP contribution in [-0.2, 0) is 8.29 Å². The Balaban J connectivity index is 2.28. The summed E-state index contributed by atoms with van der Waals surface area (Å²) in [5.74, 6) is 0. The third-order valence-corrected chi connectivity index (χ3v) is 25.9. The first-order chi connectivity index (χ1) is 16.8. The molecule has 0 aromatic heterocycles. The van der Waals surface area contributed by atoms with Crippen LogP contribution in [0.25, 0.3) is 0 Å². The second-order valence-corrected chi connectivity index (χ2v) is 25.2. The molecule has 1 saturated heterocycles. The van der Waals surface area contributed by atoms with E-state index < -0.39 is 24.0 Å². The SMILES string of the molecule is CCC[CH2][Sn]([CH2]CCC)([CH2]CCC)[C@@]1(c2ccccc2)[C@H](c2ccccc2)N1C(=O)OC(C)(C)C.